The van der Waals surface area contributed by atoms with Crippen molar-refractivity contribution in [1.82, 2.24) is 0 Å². The smallest absolute Gasteiger partial charge is 0.790 e. The molecule has 0 aromatic carbocycles. The van der Waals surface area contributed by atoms with Gasteiger partial charge in [0.2, 0.25) is 0 Å². The summed E-state index contributed by atoms with van der Waals surface area (Å²) in [5.74, 6) is 0. The molecule has 0 aliphatic rings. The molecule has 0 heterocycles. The van der Waals surface area contributed by atoms with Crippen LogP contribution in [0.15, 0.2) is 0 Å². The maximum absolute atomic E-state index is 9.53. The molecule has 0 aliphatic heterocycles. The molecule has 0 bridgehead atoms. The summed E-state index contributed by atoms with van der Waals surface area (Å²) in [6.45, 7) is 1.03. The number of aliphatic hydroxyl groups is 1. The molecule has 0 aromatic rings. The molecule has 0 spiro atoms. The zero-order valence-corrected chi connectivity index (χ0v) is 11.0. The Morgan fingerprint density at radius 3 is 1.80 bits per heavy atom. The van der Waals surface area contributed by atoms with Gasteiger partial charge >= 0.3 is 59.1 Å². The van der Waals surface area contributed by atoms with Crippen LogP contribution >= 0.6 is 7.82 Å². The fourth-order valence-corrected chi connectivity index (χ4v) is 0.561. The fraction of sp³-hybridized carbons (Fsp3) is 1.00. The van der Waals surface area contributed by atoms with Crippen LogP contribution in [0.5, 0.6) is 0 Å². The van der Waals surface area contributed by atoms with Crippen LogP contribution in [-0.2, 0) is 9.09 Å². The van der Waals surface area contributed by atoms with Crippen LogP contribution in [0, 0.1) is 0 Å². The van der Waals surface area contributed by atoms with Crippen LogP contribution in [0.3, 0.4) is 0 Å². The van der Waals surface area contributed by atoms with Crippen molar-refractivity contribution < 1.29 is 83.1 Å². The molecule has 1 atom stereocenters. The first-order valence-electron chi connectivity index (χ1n) is 1.80. The van der Waals surface area contributed by atoms with Crippen LogP contribution in [-0.4, -0.2) is 11.4 Å². The van der Waals surface area contributed by atoms with E-state index in [-0.39, 0.29) is 59.1 Å². The normalized spacial score (nSPS) is 12.8. The van der Waals surface area contributed by atoms with E-state index in [0.717, 1.165) is 6.92 Å². The van der Waals surface area contributed by atoms with Gasteiger partial charge < -0.3 is 24.0 Å². The summed E-state index contributed by atoms with van der Waals surface area (Å²) in [5.41, 5.74) is 0. The Bertz CT molecular complexity index is 110. The molecule has 0 saturated carbocycles. The van der Waals surface area contributed by atoms with Gasteiger partial charge in [-0.3, -0.25) is 0 Å². The molecule has 0 fully saturated rings. The molecular formula is C2H5Na2O5P. The minimum Gasteiger partial charge on any atom is -0.790 e. The van der Waals surface area contributed by atoms with Crippen molar-refractivity contribution in [2.75, 3.05) is 0 Å². The van der Waals surface area contributed by atoms with Gasteiger partial charge in [0.25, 0.3) is 0 Å². The molecule has 8 heteroatoms. The molecule has 0 amide bonds. The van der Waals surface area contributed by atoms with E-state index in [1.165, 1.54) is 0 Å². The number of rotatable bonds is 2. The van der Waals surface area contributed by atoms with E-state index in [4.69, 9.17) is 5.11 Å². The van der Waals surface area contributed by atoms with Gasteiger partial charge in [-0.1, -0.05) is 0 Å². The number of phosphoric acid groups is 1. The van der Waals surface area contributed by atoms with Crippen LogP contribution in [0.4, 0.5) is 0 Å². The Kier molecular flexibility index (Phi) is 13.9. The van der Waals surface area contributed by atoms with Crippen molar-refractivity contribution in [3.8, 4) is 0 Å². The minimum absolute atomic E-state index is 0. The Balaban J connectivity index is -0.000000245. The van der Waals surface area contributed by atoms with Gasteiger partial charge in [-0.05, 0) is 6.92 Å². The maximum atomic E-state index is 9.53. The molecule has 1 unspecified atom stereocenters. The number of hydrogen-bond donors (Lipinski definition) is 1. The van der Waals surface area contributed by atoms with Crippen molar-refractivity contribution in [3.63, 3.8) is 0 Å². The van der Waals surface area contributed by atoms with Gasteiger partial charge in [0.1, 0.15) is 0 Å². The first kappa shape index (κ1) is 18.0. The SMILES string of the molecule is CC(O)OP(=O)([O-])[O-].[Na+].[Na+]. The number of hydrogen-bond acceptors (Lipinski definition) is 5. The first-order chi connectivity index (χ1) is 3.42. The van der Waals surface area contributed by atoms with Crippen molar-refractivity contribution in [2.24, 2.45) is 0 Å². The zero-order valence-electron chi connectivity index (χ0n) is 6.10. The third kappa shape index (κ3) is 16.6. The summed E-state index contributed by atoms with van der Waals surface area (Å²) < 4.78 is 13.0. The predicted octanol–water partition coefficient (Wildman–Crippen LogP) is -7.82. The summed E-state index contributed by atoms with van der Waals surface area (Å²) >= 11 is 0. The standard InChI is InChI=1S/C2H7O5P.2Na/c1-2(3)7-8(4,5)6;;/h2-3H,1H3,(H2,4,5,6);;/q;2*+1/p-2. The number of phosphoric ester groups is 1. The third-order valence-corrected chi connectivity index (χ3v) is 0.845. The van der Waals surface area contributed by atoms with Gasteiger partial charge in [-0.2, -0.15) is 0 Å². The topological polar surface area (TPSA) is 92.7 Å². The monoisotopic (exact) mass is 186 g/mol. The largest absolute Gasteiger partial charge is 1.00 e. The molecule has 0 saturated heterocycles. The predicted molar refractivity (Wildman–Crippen MR) is 20.4 cm³/mol. The Labute approximate surface area is 103 Å². The van der Waals surface area contributed by atoms with Crippen LogP contribution in [0.1, 0.15) is 6.92 Å². The van der Waals surface area contributed by atoms with Gasteiger partial charge in [-0.25, -0.2) is 0 Å². The molecule has 0 aliphatic carbocycles. The molecule has 10 heavy (non-hydrogen) atoms. The fourth-order valence-electron chi connectivity index (χ4n) is 0.187. The Morgan fingerprint density at radius 2 is 1.80 bits per heavy atom. The maximum Gasteiger partial charge on any atom is 1.00 e. The van der Waals surface area contributed by atoms with Gasteiger partial charge in [0, 0.05) is 0 Å². The summed E-state index contributed by atoms with van der Waals surface area (Å²) in [6, 6.07) is 0. The van der Waals surface area contributed by atoms with E-state index < -0.39 is 14.1 Å². The minimum atomic E-state index is -4.97. The van der Waals surface area contributed by atoms with Crippen LogP contribution < -0.4 is 68.9 Å². The average molecular weight is 186 g/mol. The van der Waals surface area contributed by atoms with Gasteiger partial charge in [0.05, 0.1) is 7.82 Å². The molecule has 0 radical (unpaired) electrons. The summed E-state index contributed by atoms with van der Waals surface area (Å²) in [5, 5.41) is 8.09. The van der Waals surface area contributed by atoms with E-state index in [1.54, 1.807) is 0 Å². The Hall–Kier alpha value is 2.07. The van der Waals surface area contributed by atoms with Crippen LogP contribution in [0.2, 0.25) is 0 Å². The average Bonchev–Trinajstić information content (AvgIpc) is 1.21. The molecular weight excluding hydrogens is 181 g/mol. The van der Waals surface area contributed by atoms with Crippen molar-refractivity contribution in [1.29, 1.82) is 0 Å². The molecule has 1 N–H and O–H groups in total. The van der Waals surface area contributed by atoms with E-state index in [9.17, 15) is 14.4 Å². The van der Waals surface area contributed by atoms with E-state index in [0.29, 0.717) is 0 Å². The van der Waals surface area contributed by atoms with Gasteiger partial charge in [0.15, 0.2) is 6.29 Å². The quantitative estimate of drug-likeness (QED) is 0.262. The molecule has 5 nitrogen and oxygen atoms in total. The summed E-state index contributed by atoms with van der Waals surface area (Å²) in [6.07, 6.45) is -1.55. The van der Waals surface area contributed by atoms with E-state index in [2.05, 4.69) is 4.52 Å². The van der Waals surface area contributed by atoms with Crippen molar-refractivity contribution in [2.45, 2.75) is 13.2 Å². The molecule has 0 rings (SSSR count). The van der Waals surface area contributed by atoms with Crippen LogP contribution in [0.25, 0.3) is 0 Å². The summed E-state index contributed by atoms with van der Waals surface area (Å²) in [4.78, 5) is 19.1. The van der Waals surface area contributed by atoms with Crippen molar-refractivity contribution >= 4 is 7.82 Å². The number of aliphatic hydroxyl groups excluding tert-OH is 1. The zero-order chi connectivity index (χ0) is 6.78. The second-order valence-corrected chi connectivity index (χ2v) is 2.26. The Morgan fingerprint density at radius 1 is 1.50 bits per heavy atom. The van der Waals surface area contributed by atoms with Crippen molar-refractivity contribution in [3.05, 3.63) is 0 Å². The van der Waals surface area contributed by atoms with Gasteiger partial charge in [-0.15, -0.1) is 0 Å². The van der Waals surface area contributed by atoms with E-state index in [1.807, 2.05) is 0 Å². The second kappa shape index (κ2) is 7.71. The first-order valence-corrected chi connectivity index (χ1v) is 3.26. The molecule has 0 aromatic heterocycles. The third-order valence-electron chi connectivity index (χ3n) is 0.282. The molecule has 50 valence electrons. The van der Waals surface area contributed by atoms with E-state index >= 15 is 0 Å². The summed E-state index contributed by atoms with van der Waals surface area (Å²) in [7, 11) is -4.97. The second-order valence-electron chi connectivity index (χ2n) is 1.15.